The molecule has 0 saturated carbocycles. The first kappa shape index (κ1) is 30.9. The van der Waals surface area contributed by atoms with Crippen LogP contribution in [0, 0.1) is 5.92 Å². The number of carbonyl (C=O) groups excluding carboxylic acids is 4. The summed E-state index contributed by atoms with van der Waals surface area (Å²) in [6.07, 6.45) is 2.05. The van der Waals surface area contributed by atoms with Gasteiger partial charge in [-0.15, -0.1) is 0 Å². The molecule has 0 aromatic heterocycles. The number of hydrogen-bond acceptors (Lipinski definition) is 7. The second-order valence-electron chi connectivity index (χ2n) is 8.77. The van der Waals surface area contributed by atoms with Crippen molar-refractivity contribution in [3.8, 4) is 0 Å². The number of aliphatic carboxylic acids is 1. The first-order valence-electron chi connectivity index (χ1n) is 11.7. The summed E-state index contributed by atoms with van der Waals surface area (Å²) in [5.41, 5.74) is 12.1. The molecule has 0 spiro atoms. The highest BCUT2D eigenvalue weighted by atomic mass is 32.2. The summed E-state index contributed by atoms with van der Waals surface area (Å²) in [5, 5.41) is 17.0. The Morgan fingerprint density at radius 3 is 2.00 bits per heavy atom. The lowest BCUT2D eigenvalue weighted by Gasteiger charge is -2.26. The Kier molecular flexibility index (Phi) is 13.6. The van der Waals surface area contributed by atoms with Crippen LogP contribution in [0.2, 0.25) is 0 Å². The van der Waals surface area contributed by atoms with Crippen LogP contribution in [0.4, 0.5) is 0 Å². The van der Waals surface area contributed by atoms with Crippen LogP contribution in [0.3, 0.4) is 0 Å². The van der Waals surface area contributed by atoms with Gasteiger partial charge in [0.15, 0.2) is 0 Å². The monoisotopic (exact) mass is 523 g/mol. The number of benzene rings is 1. The van der Waals surface area contributed by atoms with E-state index in [-0.39, 0.29) is 25.7 Å². The molecule has 4 unspecified atom stereocenters. The predicted octanol–water partition coefficient (Wildman–Crippen LogP) is -0.230. The van der Waals surface area contributed by atoms with E-state index in [2.05, 4.69) is 16.0 Å². The number of carbonyl (C=O) groups is 5. The topological polar surface area (TPSA) is 194 Å². The van der Waals surface area contributed by atoms with Gasteiger partial charge < -0.3 is 32.5 Å². The smallest absolute Gasteiger partial charge is 0.326 e. The molecule has 4 atom stereocenters. The molecule has 1 rings (SSSR count). The SMILES string of the molecule is CSCCC(NC(=O)C(N)Cc1ccccc1)C(=O)NC(CCC(N)=O)C(=O)NC(C(=O)O)C(C)C. The van der Waals surface area contributed by atoms with Crippen molar-refractivity contribution in [3.05, 3.63) is 35.9 Å². The van der Waals surface area contributed by atoms with Crippen molar-refractivity contribution in [1.29, 1.82) is 0 Å². The summed E-state index contributed by atoms with van der Waals surface area (Å²) in [4.78, 5) is 61.4. The lowest BCUT2D eigenvalue weighted by atomic mass is 10.0. The first-order valence-corrected chi connectivity index (χ1v) is 13.1. The van der Waals surface area contributed by atoms with Crippen molar-refractivity contribution in [2.75, 3.05) is 12.0 Å². The van der Waals surface area contributed by atoms with Crippen LogP contribution < -0.4 is 27.4 Å². The maximum atomic E-state index is 13.1. The van der Waals surface area contributed by atoms with E-state index in [1.165, 1.54) is 11.8 Å². The molecule has 36 heavy (non-hydrogen) atoms. The third-order valence-corrected chi connectivity index (χ3v) is 6.07. The van der Waals surface area contributed by atoms with Gasteiger partial charge >= 0.3 is 5.97 Å². The third kappa shape index (κ3) is 11.1. The second kappa shape index (κ2) is 15.8. The van der Waals surface area contributed by atoms with Crippen LogP contribution in [0.5, 0.6) is 0 Å². The van der Waals surface area contributed by atoms with E-state index in [1.54, 1.807) is 13.8 Å². The van der Waals surface area contributed by atoms with E-state index in [4.69, 9.17) is 11.5 Å². The van der Waals surface area contributed by atoms with Crippen molar-refractivity contribution in [1.82, 2.24) is 16.0 Å². The van der Waals surface area contributed by atoms with E-state index in [0.29, 0.717) is 5.75 Å². The number of nitrogens with one attached hydrogen (secondary N) is 3. The summed E-state index contributed by atoms with van der Waals surface area (Å²) in [6.45, 7) is 3.26. The Morgan fingerprint density at radius 2 is 1.47 bits per heavy atom. The Morgan fingerprint density at radius 1 is 0.917 bits per heavy atom. The molecule has 1 aromatic carbocycles. The molecule has 200 valence electrons. The maximum absolute atomic E-state index is 13.1. The summed E-state index contributed by atoms with van der Waals surface area (Å²) in [7, 11) is 0. The molecule has 4 amide bonds. The van der Waals surface area contributed by atoms with E-state index < -0.39 is 59.7 Å². The molecule has 1 aromatic rings. The van der Waals surface area contributed by atoms with Crippen molar-refractivity contribution >= 4 is 41.4 Å². The fourth-order valence-electron chi connectivity index (χ4n) is 3.34. The minimum Gasteiger partial charge on any atom is -0.480 e. The summed E-state index contributed by atoms with van der Waals surface area (Å²) in [6, 6.07) is 4.90. The van der Waals surface area contributed by atoms with Crippen LogP contribution in [0.15, 0.2) is 30.3 Å². The van der Waals surface area contributed by atoms with Crippen LogP contribution in [0.25, 0.3) is 0 Å². The summed E-state index contributed by atoms with van der Waals surface area (Å²) < 4.78 is 0. The lowest BCUT2D eigenvalue weighted by Crippen LogP contribution is -2.58. The normalized spacial score (nSPS) is 14.2. The standard InChI is InChI=1S/C24H37N5O6S/c1-14(2)20(24(34)35)29-23(33)17(9-10-19(26)30)28-22(32)18(11-12-36-3)27-21(31)16(25)13-15-7-5-4-6-8-15/h4-8,14,16-18,20H,9-13,25H2,1-3H3,(H2,26,30)(H,27,31)(H,28,32)(H,29,33)(H,34,35). The van der Waals surface area contributed by atoms with E-state index in [1.807, 2.05) is 36.6 Å². The summed E-state index contributed by atoms with van der Waals surface area (Å²) in [5.74, 6) is -3.72. The highest BCUT2D eigenvalue weighted by molar-refractivity contribution is 7.98. The van der Waals surface area contributed by atoms with Gasteiger partial charge in [-0.1, -0.05) is 44.2 Å². The van der Waals surface area contributed by atoms with Crippen molar-refractivity contribution in [3.63, 3.8) is 0 Å². The number of nitrogens with two attached hydrogens (primary N) is 2. The second-order valence-corrected chi connectivity index (χ2v) is 9.76. The van der Waals surface area contributed by atoms with Gasteiger partial charge in [-0.3, -0.25) is 19.2 Å². The third-order valence-electron chi connectivity index (χ3n) is 5.42. The van der Waals surface area contributed by atoms with Gasteiger partial charge in [0.1, 0.15) is 18.1 Å². The molecule has 0 aliphatic rings. The van der Waals surface area contributed by atoms with Gasteiger partial charge in [0.2, 0.25) is 23.6 Å². The average molecular weight is 524 g/mol. The van der Waals surface area contributed by atoms with Crippen LogP contribution in [0.1, 0.15) is 38.7 Å². The van der Waals surface area contributed by atoms with E-state index >= 15 is 0 Å². The molecular formula is C24H37N5O6S. The quantitative estimate of drug-likeness (QED) is 0.171. The fourth-order valence-corrected chi connectivity index (χ4v) is 3.81. The summed E-state index contributed by atoms with van der Waals surface area (Å²) >= 11 is 1.47. The Labute approximate surface area is 215 Å². The number of thioether (sulfide) groups is 1. The average Bonchev–Trinajstić information content (AvgIpc) is 2.82. The molecule has 0 radical (unpaired) electrons. The zero-order valence-corrected chi connectivity index (χ0v) is 21.7. The number of carboxylic acids is 1. The van der Waals surface area contributed by atoms with Crippen molar-refractivity contribution < 1.29 is 29.1 Å². The molecule has 0 aliphatic carbocycles. The minimum atomic E-state index is -1.23. The molecule has 11 nitrogen and oxygen atoms in total. The molecule has 0 heterocycles. The molecule has 0 saturated heterocycles. The molecule has 0 fully saturated rings. The zero-order chi connectivity index (χ0) is 27.3. The predicted molar refractivity (Wildman–Crippen MR) is 138 cm³/mol. The molecule has 0 bridgehead atoms. The van der Waals surface area contributed by atoms with Gasteiger partial charge in [-0.25, -0.2) is 4.79 Å². The van der Waals surface area contributed by atoms with Crippen LogP contribution >= 0.6 is 11.8 Å². The maximum Gasteiger partial charge on any atom is 0.326 e. The van der Waals surface area contributed by atoms with Gasteiger partial charge in [-0.05, 0) is 42.8 Å². The Balaban J connectivity index is 2.96. The highest BCUT2D eigenvalue weighted by Crippen LogP contribution is 2.08. The number of rotatable bonds is 16. The first-order chi connectivity index (χ1) is 17.0. The number of hydrogen-bond donors (Lipinski definition) is 6. The van der Waals surface area contributed by atoms with Gasteiger partial charge in [0.25, 0.3) is 0 Å². The van der Waals surface area contributed by atoms with Gasteiger partial charge in [-0.2, -0.15) is 11.8 Å². The number of carboxylic acid groups (broad SMARTS) is 1. The Bertz CT molecular complexity index is 898. The van der Waals surface area contributed by atoms with Crippen LogP contribution in [-0.2, 0) is 30.4 Å². The molecule has 12 heteroatoms. The van der Waals surface area contributed by atoms with E-state index in [0.717, 1.165) is 5.56 Å². The molecule has 8 N–H and O–H groups in total. The van der Waals surface area contributed by atoms with Crippen molar-refractivity contribution in [2.24, 2.45) is 17.4 Å². The molecular weight excluding hydrogens is 486 g/mol. The molecule has 0 aliphatic heterocycles. The largest absolute Gasteiger partial charge is 0.480 e. The minimum absolute atomic E-state index is 0.131. The van der Waals surface area contributed by atoms with Crippen LogP contribution in [-0.4, -0.2) is 70.9 Å². The van der Waals surface area contributed by atoms with Crippen molar-refractivity contribution in [2.45, 2.75) is 63.7 Å². The fraction of sp³-hybridized carbons (Fsp3) is 0.542. The number of primary amides is 1. The zero-order valence-electron chi connectivity index (χ0n) is 20.9. The van der Waals surface area contributed by atoms with E-state index in [9.17, 15) is 29.1 Å². The van der Waals surface area contributed by atoms with Gasteiger partial charge in [0.05, 0.1) is 6.04 Å². The van der Waals surface area contributed by atoms with Gasteiger partial charge in [0, 0.05) is 6.42 Å². The number of amides is 4. The Hall–Kier alpha value is -3.12. The lowest BCUT2D eigenvalue weighted by molar-refractivity contribution is -0.143. The highest BCUT2D eigenvalue weighted by Gasteiger charge is 2.31.